The summed E-state index contributed by atoms with van der Waals surface area (Å²) in [6.07, 6.45) is -0.753. The maximum absolute atomic E-state index is 14.0. The lowest BCUT2D eigenvalue weighted by Crippen LogP contribution is -2.46. The van der Waals surface area contributed by atoms with Crippen molar-refractivity contribution in [3.05, 3.63) is 77.3 Å². The Kier molecular flexibility index (Phi) is 8.03. The van der Waals surface area contributed by atoms with Crippen molar-refractivity contribution in [3.8, 4) is 5.88 Å². The maximum atomic E-state index is 14.0. The molecule has 0 aliphatic heterocycles. The quantitative estimate of drug-likeness (QED) is 0.383. The molecule has 1 aliphatic rings. The molecule has 3 aromatic rings. The van der Waals surface area contributed by atoms with E-state index in [-0.39, 0.29) is 40.3 Å². The van der Waals surface area contributed by atoms with Gasteiger partial charge in [0.15, 0.2) is 9.84 Å². The van der Waals surface area contributed by atoms with Crippen molar-refractivity contribution in [2.45, 2.75) is 61.1 Å². The van der Waals surface area contributed by atoms with Gasteiger partial charge in [-0.1, -0.05) is 0 Å². The summed E-state index contributed by atoms with van der Waals surface area (Å²) in [7, 11) is -0.0112. The fourth-order valence-electron chi connectivity index (χ4n) is 4.86. The van der Waals surface area contributed by atoms with Crippen molar-refractivity contribution < 1.29 is 30.7 Å². The topological polar surface area (TPSA) is 85.3 Å². The predicted molar refractivity (Wildman–Crippen MR) is 132 cm³/mol. The zero-order valence-corrected chi connectivity index (χ0v) is 21.9. The van der Waals surface area contributed by atoms with Gasteiger partial charge < -0.3 is 9.64 Å². The van der Waals surface area contributed by atoms with Crippen molar-refractivity contribution in [1.82, 2.24) is 19.9 Å². The second kappa shape index (κ2) is 10.9. The summed E-state index contributed by atoms with van der Waals surface area (Å²) < 4.78 is 85.6. The number of benzene rings is 1. The van der Waals surface area contributed by atoms with Crippen LogP contribution in [0.1, 0.15) is 47.7 Å². The minimum atomic E-state index is -4.63. The second-order valence-electron chi connectivity index (χ2n) is 9.66. The Balaban J connectivity index is 1.50. The summed E-state index contributed by atoms with van der Waals surface area (Å²) in [4.78, 5) is 14.1. The normalized spacial score (nSPS) is 20.5. The third-order valence-corrected chi connectivity index (χ3v) is 8.51. The van der Waals surface area contributed by atoms with Crippen LogP contribution in [0.2, 0.25) is 0 Å². The van der Waals surface area contributed by atoms with Gasteiger partial charge in [0, 0.05) is 18.3 Å². The SMILES string of the molecule is Cc1nc(O[C@H]2CC[C@H](c3cc(F)cc(C(F)(F)F)c3)C[C@@H]2N(C)C)ccc1S(=O)(=O)Cc1ccncn1. The van der Waals surface area contributed by atoms with Crippen LogP contribution in [0.3, 0.4) is 0 Å². The molecule has 0 bridgehead atoms. The van der Waals surface area contributed by atoms with Gasteiger partial charge >= 0.3 is 6.18 Å². The van der Waals surface area contributed by atoms with E-state index in [1.54, 1.807) is 6.92 Å². The molecule has 0 unspecified atom stereocenters. The molecule has 1 fully saturated rings. The van der Waals surface area contributed by atoms with Gasteiger partial charge in [-0.2, -0.15) is 13.2 Å². The van der Waals surface area contributed by atoms with Crippen LogP contribution >= 0.6 is 0 Å². The Hall–Kier alpha value is -3.12. The van der Waals surface area contributed by atoms with E-state index >= 15 is 0 Å². The monoisotopic (exact) mass is 552 g/mol. The van der Waals surface area contributed by atoms with E-state index in [0.29, 0.717) is 36.6 Å². The molecule has 0 radical (unpaired) electrons. The van der Waals surface area contributed by atoms with Gasteiger partial charge in [-0.25, -0.2) is 27.8 Å². The van der Waals surface area contributed by atoms with Crippen LogP contribution in [-0.4, -0.2) is 54.5 Å². The van der Waals surface area contributed by atoms with Gasteiger partial charge in [0.2, 0.25) is 5.88 Å². The number of aromatic nitrogens is 3. The van der Waals surface area contributed by atoms with Gasteiger partial charge in [-0.15, -0.1) is 0 Å². The van der Waals surface area contributed by atoms with E-state index in [9.17, 15) is 26.0 Å². The third-order valence-electron chi connectivity index (χ3n) is 6.74. The summed E-state index contributed by atoms with van der Waals surface area (Å²) >= 11 is 0. The van der Waals surface area contributed by atoms with Crippen molar-refractivity contribution in [2.24, 2.45) is 0 Å². The third kappa shape index (κ3) is 6.47. The van der Waals surface area contributed by atoms with Gasteiger partial charge in [0.25, 0.3) is 0 Å². The van der Waals surface area contributed by atoms with Crippen LogP contribution in [0.15, 0.2) is 53.8 Å². The fourth-order valence-corrected chi connectivity index (χ4v) is 6.35. The number of likely N-dealkylation sites (N-methyl/N-ethyl adjacent to an activating group) is 1. The molecule has 2 heterocycles. The highest BCUT2D eigenvalue weighted by Crippen LogP contribution is 2.39. The minimum absolute atomic E-state index is 0.0721. The first-order valence-electron chi connectivity index (χ1n) is 12.0. The molecule has 204 valence electrons. The molecule has 1 aliphatic carbocycles. The van der Waals surface area contributed by atoms with E-state index in [2.05, 4.69) is 15.0 Å². The summed E-state index contributed by atoms with van der Waals surface area (Å²) in [5.74, 6) is -1.22. The standard InChI is InChI=1S/C26H28F4N4O3S/c1-16-24(38(35,36)14-21-8-9-31-15-32-21)6-7-25(33-16)37-23-5-4-17(12-22(23)34(2)3)18-10-19(26(28,29)30)13-20(27)11-18/h6-11,13,15,17,22-23H,4-5,12,14H2,1-3H3/t17-,22-,23-/m0/s1. The number of rotatable bonds is 7. The molecule has 0 spiro atoms. The lowest BCUT2D eigenvalue weighted by atomic mass is 9.79. The van der Waals surface area contributed by atoms with E-state index in [0.717, 1.165) is 6.07 Å². The summed E-state index contributed by atoms with van der Waals surface area (Å²) in [6.45, 7) is 1.59. The molecule has 0 saturated heterocycles. The Morgan fingerprint density at radius 3 is 2.50 bits per heavy atom. The first-order valence-corrected chi connectivity index (χ1v) is 13.6. The van der Waals surface area contributed by atoms with Gasteiger partial charge in [0.1, 0.15) is 18.2 Å². The molecule has 1 aromatic carbocycles. The lowest BCUT2D eigenvalue weighted by Gasteiger charge is -2.39. The highest BCUT2D eigenvalue weighted by Gasteiger charge is 2.37. The van der Waals surface area contributed by atoms with E-state index < -0.39 is 27.4 Å². The number of sulfone groups is 1. The van der Waals surface area contributed by atoms with Crippen LogP contribution in [0, 0.1) is 12.7 Å². The molecule has 2 aromatic heterocycles. The first-order chi connectivity index (χ1) is 17.8. The molecule has 3 atom stereocenters. The molecule has 0 amide bonds. The maximum Gasteiger partial charge on any atom is 0.416 e. The van der Waals surface area contributed by atoms with Gasteiger partial charge in [-0.3, -0.25) is 0 Å². The number of hydrogen-bond donors (Lipinski definition) is 0. The number of nitrogens with zero attached hydrogens (tertiary/aromatic N) is 4. The Bertz CT molecular complexity index is 1380. The fraction of sp³-hybridized carbons (Fsp3) is 0.423. The van der Waals surface area contributed by atoms with Crippen LogP contribution in [0.4, 0.5) is 17.6 Å². The van der Waals surface area contributed by atoms with Crippen LogP contribution in [0.5, 0.6) is 5.88 Å². The molecule has 7 nitrogen and oxygen atoms in total. The van der Waals surface area contributed by atoms with Crippen molar-refractivity contribution >= 4 is 9.84 Å². The van der Waals surface area contributed by atoms with Gasteiger partial charge in [-0.05, 0) is 82.1 Å². The van der Waals surface area contributed by atoms with Crippen molar-refractivity contribution in [2.75, 3.05) is 14.1 Å². The molecule has 4 rings (SSSR count). The highest BCUT2D eigenvalue weighted by atomic mass is 32.2. The van der Waals surface area contributed by atoms with Crippen LogP contribution < -0.4 is 4.74 Å². The number of aryl methyl sites for hydroxylation is 1. The average molecular weight is 553 g/mol. The Labute approximate surface area is 218 Å². The van der Waals surface area contributed by atoms with Crippen molar-refractivity contribution in [1.29, 1.82) is 0 Å². The minimum Gasteiger partial charge on any atom is -0.473 e. The smallest absolute Gasteiger partial charge is 0.416 e. The second-order valence-corrected chi connectivity index (χ2v) is 11.6. The Morgan fingerprint density at radius 1 is 1.11 bits per heavy atom. The first kappa shape index (κ1) is 27.9. The number of halogens is 4. The van der Waals surface area contributed by atoms with Crippen molar-refractivity contribution in [3.63, 3.8) is 0 Å². The molecule has 38 heavy (non-hydrogen) atoms. The zero-order chi connectivity index (χ0) is 27.7. The van der Waals surface area contributed by atoms with Crippen LogP contribution in [-0.2, 0) is 21.8 Å². The molecule has 0 N–H and O–H groups in total. The molecule has 1 saturated carbocycles. The van der Waals surface area contributed by atoms with E-state index in [1.165, 1.54) is 36.8 Å². The summed E-state index contributed by atoms with van der Waals surface area (Å²) in [5.41, 5.74) is -0.0337. The number of pyridine rings is 1. The van der Waals surface area contributed by atoms with E-state index in [4.69, 9.17) is 4.74 Å². The highest BCUT2D eigenvalue weighted by molar-refractivity contribution is 7.90. The van der Waals surface area contributed by atoms with Crippen LogP contribution in [0.25, 0.3) is 0 Å². The lowest BCUT2D eigenvalue weighted by molar-refractivity contribution is -0.137. The summed E-state index contributed by atoms with van der Waals surface area (Å²) in [6, 6.07) is 6.99. The van der Waals surface area contributed by atoms with E-state index in [1.807, 2.05) is 19.0 Å². The predicted octanol–water partition coefficient (Wildman–Crippen LogP) is 4.96. The number of hydrogen-bond acceptors (Lipinski definition) is 7. The zero-order valence-electron chi connectivity index (χ0n) is 21.1. The van der Waals surface area contributed by atoms with Gasteiger partial charge in [0.05, 0.1) is 27.6 Å². The number of alkyl halides is 3. The number of ether oxygens (including phenoxy) is 1. The molecular weight excluding hydrogens is 524 g/mol. The Morgan fingerprint density at radius 2 is 1.87 bits per heavy atom. The summed E-state index contributed by atoms with van der Waals surface area (Å²) in [5, 5.41) is 0. The largest absolute Gasteiger partial charge is 0.473 e. The molecular formula is C26H28F4N4O3S. The molecule has 12 heteroatoms. The average Bonchev–Trinajstić information content (AvgIpc) is 2.83.